The van der Waals surface area contributed by atoms with E-state index in [1.54, 1.807) is 16.7 Å². The number of hydrogen-bond donors (Lipinski definition) is 0. The van der Waals surface area contributed by atoms with Crippen LogP contribution in [0.15, 0.2) is 211 Å². The molecule has 0 bridgehead atoms. The third-order valence-electron chi connectivity index (χ3n) is 11.1. The van der Waals surface area contributed by atoms with Crippen LogP contribution >= 0.6 is 0 Å². The van der Waals surface area contributed by atoms with E-state index in [0.29, 0.717) is 28.5 Å². The van der Waals surface area contributed by atoms with Gasteiger partial charge < -0.3 is 8.98 Å². The van der Waals surface area contributed by atoms with Crippen LogP contribution in [0.4, 0.5) is 0 Å². The van der Waals surface area contributed by atoms with Crippen LogP contribution in [-0.4, -0.2) is 19.5 Å². The fraction of sp³-hybridized carbons (Fsp3) is 0. The molecule has 0 radical (unpaired) electrons. The smallest absolute Gasteiger partial charge is 0.166 e. The first kappa shape index (κ1) is 27.5. The standard InChI is InChI=1S/C55H34N4O/c1-2-14-35(15-3-1)36-28-29-38-33-41(31-30-37(38)32-36)54-56-53(40-17-12-16-39(34-40)42-22-13-23-46-45-20-7-11-27-51(45)60-52(42)46)57-55(58-54)47-21-6-10-26-50(47)59-48-24-8-4-18-43(48)44-19-5-9-25-49(44)59/h1-34H/i4D,5D,8D,18D,19D,24D,25D. The third-order valence-corrected chi connectivity index (χ3v) is 11.1. The number of aromatic nitrogens is 4. The molecule has 5 nitrogen and oxygen atoms in total. The molecule has 3 aromatic heterocycles. The van der Waals surface area contributed by atoms with Crippen LogP contribution in [0.5, 0.6) is 0 Å². The molecule has 0 spiro atoms. The van der Waals surface area contributed by atoms with Crippen LogP contribution in [-0.2, 0) is 0 Å². The highest BCUT2D eigenvalue weighted by Gasteiger charge is 2.20. The van der Waals surface area contributed by atoms with Crippen LogP contribution in [0.1, 0.15) is 9.60 Å². The molecule has 0 aliphatic carbocycles. The Bertz CT molecular complexity index is 4030. The molecule has 0 saturated carbocycles. The summed E-state index contributed by atoms with van der Waals surface area (Å²) >= 11 is 0. The highest BCUT2D eigenvalue weighted by Crippen LogP contribution is 2.39. The normalized spacial score (nSPS) is 13.3. The molecule has 0 N–H and O–H groups in total. The number of fused-ring (bicyclic) bond motifs is 7. The maximum absolute atomic E-state index is 9.18. The summed E-state index contributed by atoms with van der Waals surface area (Å²) in [4.78, 5) is 15.5. The maximum atomic E-state index is 9.18. The first-order chi connectivity index (χ1) is 32.6. The van der Waals surface area contributed by atoms with Crippen molar-refractivity contribution in [2.24, 2.45) is 0 Å². The first-order valence-electron chi connectivity index (χ1n) is 23.1. The van der Waals surface area contributed by atoms with Crippen molar-refractivity contribution in [3.63, 3.8) is 0 Å². The zero-order chi connectivity index (χ0) is 45.7. The predicted molar refractivity (Wildman–Crippen MR) is 246 cm³/mol. The highest BCUT2D eigenvalue weighted by atomic mass is 16.3. The molecule has 280 valence electrons. The monoisotopic (exact) mass is 773 g/mol. The molecule has 0 aliphatic heterocycles. The average Bonchev–Trinajstić information content (AvgIpc) is 3.94. The van der Waals surface area contributed by atoms with Gasteiger partial charge in [-0.2, -0.15) is 0 Å². The Morgan fingerprint density at radius 2 is 1.02 bits per heavy atom. The summed E-state index contributed by atoms with van der Waals surface area (Å²) in [5.74, 6) is 1.04. The van der Waals surface area contributed by atoms with Crippen molar-refractivity contribution in [1.29, 1.82) is 0 Å². The quantitative estimate of drug-likeness (QED) is 0.169. The number of furan rings is 1. The highest BCUT2D eigenvalue weighted by molar-refractivity contribution is 6.10. The number of rotatable bonds is 6. The van der Waals surface area contributed by atoms with Crippen molar-refractivity contribution in [3.05, 3.63) is 206 Å². The lowest BCUT2D eigenvalue weighted by Crippen LogP contribution is -2.03. The van der Waals surface area contributed by atoms with E-state index in [0.717, 1.165) is 60.5 Å². The molecule has 0 unspecified atom stereocenters. The van der Waals surface area contributed by atoms with Gasteiger partial charge in [0, 0.05) is 43.8 Å². The van der Waals surface area contributed by atoms with Crippen molar-refractivity contribution < 1.29 is 14.0 Å². The molecule has 60 heavy (non-hydrogen) atoms. The van der Waals surface area contributed by atoms with Gasteiger partial charge in [0.05, 0.1) is 26.3 Å². The van der Waals surface area contributed by atoms with Gasteiger partial charge in [0.2, 0.25) is 0 Å². The lowest BCUT2D eigenvalue weighted by molar-refractivity contribution is 0.670. The summed E-state index contributed by atoms with van der Waals surface area (Å²) in [6.45, 7) is 0. The molecule has 5 heteroatoms. The second kappa shape index (κ2) is 13.8. The summed E-state index contributed by atoms with van der Waals surface area (Å²) in [5, 5.41) is 4.23. The van der Waals surface area contributed by atoms with E-state index in [2.05, 4.69) is 54.6 Å². The van der Waals surface area contributed by atoms with Crippen LogP contribution in [0.3, 0.4) is 0 Å². The Hall–Kier alpha value is -8.15. The average molecular weight is 774 g/mol. The zero-order valence-corrected chi connectivity index (χ0v) is 31.8. The van der Waals surface area contributed by atoms with Crippen LogP contribution in [0, 0.1) is 0 Å². The third kappa shape index (κ3) is 5.59. The van der Waals surface area contributed by atoms with Crippen LogP contribution < -0.4 is 0 Å². The Balaban J connectivity index is 1.09. The van der Waals surface area contributed by atoms with E-state index < -0.39 is 12.1 Å². The maximum Gasteiger partial charge on any atom is 0.166 e. The number of nitrogens with zero attached hydrogens (tertiary/aromatic N) is 4. The van der Waals surface area contributed by atoms with Gasteiger partial charge in [-0.3, -0.25) is 0 Å². The lowest BCUT2D eigenvalue weighted by atomic mass is 9.99. The Labute approximate surface area is 355 Å². The van der Waals surface area contributed by atoms with E-state index in [1.807, 2.05) is 91.0 Å². The number of hydrogen-bond acceptors (Lipinski definition) is 4. The Kier molecular flexibility index (Phi) is 6.30. The molecule has 3 heterocycles. The second-order valence-corrected chi connectivity index (χ2v) is 14.7. The summed E-state index contributed by atoms with van der Waals surface area (Å²) in [6.07, 6.45) is 0. The summed E-state index contributed by atoms with van der Waals surface area (Å²) in [5.41, 5.74) is 8.19. The molecule has 0 aliphatic rings. The predicted octanol–water partition coefficient (Wildman–Crippen LogP) is 14.4. The van der Waals surface area contributed by atoms with Crippen molar-refractivity contribution in [1.82, 2.24) is 19.5 Å². The van der Waals surface area contributed by atoms with Gasteiger partial charge in [-0.25, -0.2) is 15.0 Å². The first-order valence-corrected chi connectivity index (χ1v) is 19.6. The molecular weight excluding hydrogens is 733 g/mol. The molecule has 12 aromatic rings. The fourth-order valence-corrected chi connectivity index (χ4v) is 8.32. The van der Waals surface area contributed by atoms with E-state index in [1.165, 1.54) is 6.07 Å². The van der Waals surface area contributed by atoms with E-state index in [4.69, 9.17) is 27.6 Å². The molecular formula is C55H34N4O. The van der Waals surface area contributed by atoms with Crippen molar-refractivity contribution in [2.45, 2.75) is 0 Å². The van der Waals surface area contributed by atoms with Gasteiger partial charge in [0.15, 0.2) is 17.5 Å². The summed E-state index contributed by atoms with van der Waals surface area (Å²) in [7, 11) is 0. The van der Waals surface area contributed by atoms with E-state index >= 15 is 0 Å². The largest absolute Gasteiger partial charge is 0.455 e. The van der Waals surface area contributed by atoms with Crippen molar-refractivity contribution >= 4 is 54.5 Å². The molecule has 0 amide bonds. The Morgan fingerprint density at radius 1 is 0.400 bits per heavy atom. The van der Waals surface area contributed by atoms with Crippen molar-refractivity contribution in [3.8, 4) is 62.1 Å². The van der Waals surface area contributed by atoms with Gasteiger partial charge >= 0.3 is 0 Å². The van der Waals surface area contributed by atoms with Gasteiger partial charge in [0.1, 0.15) is 11.2 Å². The van der Waals surface area contributed by atoms with Gasteiger partial charge in [0.25, 0.3) is 0 Å². The SMILES string of the molecule is [2H]c1cc([2H])c2c(c1[2H])c1c([2H])c([2H])c([2H])c([2H])c1n2-c1ccccc1-c1nc(-c2cccc(-c3cccc4c3oc3ccccc34)c2)nc(-c2ccc3cc(-c4ccccc4)ccc3c2)n1. The molecule has 12 rings (SSSR count). The van der Waals surface area contributed by atoms with Gasteiger partial charge in [-0.05, 0) is 75.9 Å². The molecule has 0 atom stereocenters. The van der Waals surface area contributed by atoms with Gasteiger partial charge in [-0.15, -0.1) is 0 Å². The van der Waals surface area contributed by atoms with Gasteiger partial charge in [-0.1, -0.05) is 158 Å². The number of benzene rings is 9. The van der Waals surface area contributed by atoms with E-state index in [9.17, 15) is 1.37 Å². The van der Waals surface area contributed by atoms with Crippen LogP contribution in [0.25, 0.3) is 117 Å². The Morgan fingerprint density at radius 3 is 1.90 bits per heavy atom. The summed E-state index contributed by atoms with van der Waals surface area (Å²) in [6, 6.07) is 51.1. The minimum absolute atomic E-state index is 0.0586. The van der Waals surface area contributed by atoms with Crippen molar-refractivity contribution in [2.75, 3.05) is 0 Å². The molecule has 0 fully saturated rings. The lowest BCUT2D eigenvalue weighted by Gasteiger charge is -2.15. The minimum atomic E-state index is -0.469. The number of para-hydroxylation sites is 5. The zero-order valence-electron chi connectivity index (χ0n) is 38.8. The minimum Gasteiger partial charge on any atom is -0.455 e. The van der Waals surface area contributed by atoms with E-state index in [-0.39, 0.29) is 57.8 Å². The topological polar surface area (TPSA) is 56.7 Å². The van der Waals surface area contributed by atoms with Crippen LogP contribution in [0.2, 0.25) is 0 Å². The fourth-order valence-electron chi connectivity index (χ4n) is 8.32. The molecule has 9 aromatic carbocycles. The molecule has 0 saturated heterocycles. The summed E-state index contributed by atoms with van der Waals surface area (Å²) < 4.78 is 70.2. The second-order valence-electron chi connectivity index (χ2n) is 14.7.